The van der Waals surface area contributed by atoms with Crippen LogP contribution in [-0.2, 0) is 0 Å². The van der Waals surface area contributed by atoms with Gasteiger partial charge >= 0.3 is 0 Å². The van der Waals surface area contributed by atoms with Crippen LogP contribution in [0, 0.1) is 0 Å². The maximum Gasteiger partial charge on any atom is 0.252 e. The number of benzene rings is 3. The molecular formula is C21H21ClN2O. The van der Waals surface area contributed by atoms with Gasteiger partial charge in [-0.05, 0) is 42.6 Å². The number of fused-ring (bicyclic) bond motifs is 1. The molecule has 3 aromatic carbocycles. The van der Waals surface area contributed by atoms with Crippen molar-refractivity contribution in [3.8, 4) is 0 Å². The zero-order valence-corrected chi connectivity index (χ0v) is 15.1. The van der Waals surface area contributed by atoms with Crippen LogP contribution in [0.1, 0.15) is 22.0 Å². The van der Waals surface area contributed by atoms with E-state index in [1.807, 2.05) is 38.4 Å². The van der Waals surface area contributed by atoms with Crippen LogP contribution in [0.3, 0.4) is 0 Å². The van der Waals surface area contributed by atoms with E-state index in [9.17, 15) is 4.79 Å². The standard InChI is InChI=1S/C21H21ClN2O/c1-24(2)20(14-23-21(25)18-11-5-6-13-19(18)22)17-12-7-9-15-8-3-4-10-16(15)17/h3-13,20H,14H2,1-2H3,(H,23,25)/t20-/m1/s1. The Morgan fingerprint density at radius 3 is 2.44 bits per heavy atom. The average molecular weight is 353 g/mol. The molecule has 0 aliphatic rings. The predicted octanol–water partition coefficient (Wildman–Crippen LogP) is 4.53. The second-order valence-corrected chi connectivity index (χ2v) is 6.64. The van der Waals surface area contributed by atoms with Gasteiger partial charge in [0.15, 0.2) is 0 Å². The first-order chi connectivity index (χ1) is 12.1. The fourth-order valence-corrected chi connectivity index (χ4v) is 3.26. The van der Waals surface area contributed by atoms with Crippen molar-refractivity contribution in [2.45, 2.75) is 6.04 Å². The van der Waals surface area contributed by atoms with Gasteiger partial charge in [-0.1, -0.05) is 66.2 Å². The van der Waals surface area contributed by atoms with Gasteiger partial charge in [-0.15, -0.1) is 0 Å². The highest BCUT2D eigenvalue weighted by molar-refractivity contribution is 6.33. The van der Waals surface area contributed by atoms with Crippen LogP contribution in [0.2, 0.25) is 5.02 Å². The van der Waals surface area contributed by atoms with Crippen LogP contribution in [-0.4, -0.2) is 31.4 Å². The molecule has 3 nitrogen and oxygen atoms in total. The van der Waals surface area contributed by atoms with Crippen LogP contribution in [0.25, 0.3) is 10.8 Å². The number of nitrogens with one attached hydrogen (secondary N) is 1. The van der Waals surface area contributed by atoms with Crippen molar-refractivity contribution >= 4 is 28.3 Å². The molecule has 25 heavy (non-hydrogen) atoms. The molecule has 0 heterocycles. The highest BCUT2D eigenvalue weighted by Crippen LogP contribution is 2.27. The number of rotatable bonds is 5. The molecule has 0 saturated carbocycles. The number of nitrogens with zero attached hydrogens (tertiary/aromatic N) is 1. The highest BCUT2D eigenvalue weighted by Gasteiger charge is 2.18. The molecule has 0 spiro atoms. The molecule has 0 bridgehead atoms. The van der Waals surface area contributed by atoms with E-state index in [2.05, 4.69) is 40.5 Å². The summed E-state index contributed by atoms with van der Waals surface area (Å²) >= 11 is 6.12. The Hall–Kier alpha value is -2.36. The molecule has 0 aliphatic heterocycles. The van der Waals surface area contributed by atoms with Gasteiger partial charge in [0.1, 0.15) is 0 Å². The molecule has 128 valence electrons. The maximum absolute atomic E-state index is 12.5. The Labute approximate surface area is 153 Å². The summed E-state index contributed by atoms with van der Waals surface area (Å²) in [5, 5.41) is 5.89. The SMILES string of the molecule is CN(C)[C@H](CNC(=O)c1ccccc1Cl)c1cccc2ccccc12. The van der Waals surface area contributed by atoms with E-state index in [4.69, 9.17) is 11.6 Å². The normalized spacial score (nSPS) is 12.3. The summed E-state index contributed by atoms with van der Waals surface area (Å²) in [6.45, 7) is 0.505. The first-order valence-electron chi connectivity index (χ1n) is 8.24. The minimum Gasteiger partial charge on any atom is -0.350 e. The van der Waals surface area contributed by atoms with Crippen LogP contribution in [0.15, 0.2) is 66.7 Å². The molecule has 1 atom stereocenters. The number of hydrogen-bond donors (Lipinski definition) is 1. The van der Waals surface area contributed by atoms with E-state index in [0.29, 0.717) is 17.1 Å². The molecule has 0 unspecified atom stereocenters. The number of carbonyl (C=O) groups excluding carboxylic acids is 1. The molecule has 3 rings (SSSR count). The monoisotopic (exact) mass is 352 g/mol. The smallest absolute Gasteiger partial charge is 0.252 e. The second-order valence-electron chi connectivity index (χ2n) is 6.24. The minimum atomic E-state index is -0.155. The van der Waals surface area contributed by atoms with Gasteiger partial charge in [0.25, 0.3) is 5.91 Å². The lowest BCUT2D eigenvalue weighted by Crippen LogP contribution is -2.34. The van der Waals surface area contributed by atoms with E-state index in [1.54, 1.807) is 12.1 Å². The molecule has 0 saturated heterocycles. The highest BCUT2D eigenvalue weighted by atomic mass is 35.5. The van der Waals surface area contributed by atoms with Crippen LogP contribution in [0.4, 0.5) is 0 Å². The fraction of sp³-hybridized carbons (Fsp3) is 0.190. The quantitative estimate of drug-likeness (QED) is 0.731. The molecule has 4 heteroatoms. The van der Waals surface area contributed by atoms with Gasteiger partial charge in [0.05, 0.1) is 16.6 Å². The van der Waals surface area contributed by atoms with Gasteiger partial charge < -0.3 is 10.2 Å². The Morgan fingerprint density at radius 2 is 1.68 bits per heavy atom. The zero-order chi connectivity index (χ0) is 17.8. The Morgan fingerprint density at radius 1 is 1.00 bits per heavy atom. The summed E-state index contributed by atoms with van der Waals surface area (Å²) in [5.41, 5.74) is 1.70. The van der Waals surface area contributed by atoms with Crippen molar-refractivity contribution in [2.75, 3.05) is 20.6 Å². The van der Waals surface area contributed by atoms with Gasteiger partial charge in [0, 0.05) is 6.54 Å². The first kappa shape index (κ1) is 17.5. The summed E-state index contributed by atoms with van der Waals surface area (Å²) in [5.74, 6) is -0.155. The summed E-state index contributed by atoms with van der Waals surface area (Å²) < 4.78 is 0. The molecule has 1 amide bonds. The number of amides is 1. The number of carbonyl (C=O) groups is 1. The molecule has 3 aromatic rings. The molecule has 0 aliphatic carbocycles. The van der Waals surface area contributed by atoms with Crippen LogP contribution in [0.5, 0.6) is 0 Å². The summed E-state index contributed by atoms with van der Waals surface area (Å²) in [7, 11) is 4.04. The molecule has 0 fully saturated rings. The van der Waals surface area contributed by atoms with E-state index in [0.717, 1.165) is 0 Å². The van der Waals surface area contributed by atoms with Crippen molar-refractivity contribution in [3.63, 3.8) is 0 Å². The van der Waals surface area contributed by atoms with Crippen LogP contribution >= 0.6 is 11.6 Å². The van der Waals surface area contributed by atoms with Crippen molar-refractivity contribution < 1.29 is 4.79 Å². The van der Waals surface area contributed by atoms with E-state index < -0.39 is 0 Å². The van der Waals surface area contributed by atoms with Crippen molar-refractivity contribution in [1.82, 2.24) is 10.2 Å². The largest absolute Gasteiger partial charge is 0.350 e. The summed E-state index contributed by atoms with van der Waals surface area (Å²) in [4.78, 5) is 14.6. The number of halogens is 1. The lowest BCUT2D eigenvalue weighted by atomic mass is 9.98. The molecule has 0 radical (unpaired) electrons. The lowest BCUT2D eigenvalue weighted by Gasteiger charge is -2.26. The first-order valence-corrected chi connectivity index (χ1v) is 8.62. The van der Waals surface area contributed by atoms with Crippen molar-refractivity contribution in [1.29, 1.82) is 0 Å². The van der Waals surface area contributed by atoms with Gasteiger partial charge in [-0.3, -0.25) is 4.79 Å². The Kier molecular flexibility index (Phi) is 5.37. The average Bonchev–Trinajstić information content (AvgIpc) is 2.62. The van der Waals surface area contributed by atoms with E-state index in [-0.39, 0.29) is 11.9 Å². The van der Waals surface area contributed by atoms with Crippen molar-refractivity contribution in [3.05, 3.63) is 82.9 Å². The van der Waals surface area contributed by atoms with Crippen molar-refractivity contribution in [2.24, 2.45) is 0 Å². The molecule has 0 aromatic heterocycles. The molecule has 1 N–H and O–H groups in total. The second kappa shape index (κ2) is 7.68. The Bertz CT molecular complexity index is 886. The maximum atomic E-state index is 12.5. The summed E-state index contributed by atoms with van der Waals surface area (Å²) in [6.07, 6.45) is 0. The Balaban J connectivity index is 1.85. The van der Waals surface area contributed by atoms with Gasteiger partial charge in [0.2, 0.25) is 0 Å². The minimum absolute atomic E-state index is 0.0672. The number of likely N-dealkylation sites (N-methyl/N-ethyl adjacent to an activating group) is 1. The fourth-order valence-electron chi connectivity index (χ4n) is 3.04. The van der Waals surface area contributed by atoms with E-state index >= 15 is 0 Å². The third-order valence-corrected chi connectivity index (χ3v) is 4.71. The topological polar surface area (TPSA) is 32.3 Å². The third kappa shape index (κ3) is 3.84. The van der Waals surface area contributed by atoms with Crippen LogP contribution < -0.4 is 5.32 Å². The van der Waals surface area contributed by atoms with Gasteiger partial charge in [-0.25, -0.2) is 0 Å². The zero-order valence-electron chi connectivity index (χ0n) is 14.4. The third-order valence-electron chi connectivity index (χ3n) is 4.38. The molecular weight excluding hydrogens is 332 g/mol. The van der Waals surface area contributed by atoms with E-state index in [1.165, 1.54) is 16.3 Å². The van der Waals surface area contributed by atoms with Gasteiger partial charge in [-0.2, -0.15) is 0 Å². The number of hydrogen-bond acceptors (Lipinski definition) is 2. The summed E-state index contributed by atoms with van der Waals surface area (Å²) in [6, 6.07) is 21.8. The lowest BCUT2D eigenvalue weighted by molar-refractivity contribution is 0.0942. The predicted molar refractivity (Wildman–Crippen MR) is 104 cm³/mol.